The highest BCUT2D eigenvalue weighted by molar-refractivity contribution is 7.82. The third-order valence-electron chi connectivity index (χ3n) is 1.55. The maximum absolute atomic E-state index is 5.26. The summed E-state index contributed by atoms with van der Waals surface area (Å²) in [6.07, 6.45) is 0. The molecule has 0 unspecified atom stereocenters. The van der Waals surface area contributed by atoms with E-state index in [-0.39, 0.29) is 5.11 Å². The summed E-state index contributed by atoms with van der Waals surface area (Å²) in [5, 5.41) is 6.15. The molecule has 0 aliphatic rings. The number of hydrogen-bond donors (Lipinski definition) is 3. The molecule has 0 spiro atoms. The summed E-state index contributed by atoms with van der Waals surface area (Å²) in [6, 6.07) is 7.85. The smallest absolute Gasteiger partial charge is 0.177 e. The van der Waals surface area contributed by atoms with Crippen LogP contribution in [0.3, 0.4) is 0 Å². The van der Waals surface area contributed by atoms with Gasteiger partial charge in [0, 0.05) is 5.69 Å². The summed E-state index contributed by atoms with van der Waals surface area (Å²) in [7, 11) is 0. The van der Waals surface area contributed by atoms with Gasteiger partial charge in [-0.05, 0) is 43.5 Å². The number of hydrogen-bond acceptors (Lipinski definition) is 2. The lowest BCUT2D eigenvalue weighted by Gasteiger charge is -2.08. The Bertz CT molecular complexity index is 346. The van der Waals surface area contributed by atoms with Gasteiger partial charge in [0.05, 0.1) is 0 Å². The molecule has 0 saturated carbocycles. The van der Waals surface area contributed by atoms with Crippen molar-refractivity contribution >= 4 is 40.3 Å². The van der Waals surface area contributed by atoms with Gasteiger partial charge in [-0.25, -0.2) is 0 Å². The monoisotopic (exact) mass is 225 g/mol. The molecule has 0 heterocycles. The summed E-state index contributed by atoms with van der Waals surface area (Å²) in [5.74, 6) is 0. The Labute approximate surface area is 93.7 Å². The molecule has 1 aromatic carbocycles. The first-order valence-electron chi connectivity index (χ1n) is 4.02. The van der Waals surface area contributed by atoms with Gasteiger partial charge >= 0.3 is 0 Å². The summed E-state index contributed by atoms with van der Waals surface area (Å²) >= 11 is 9.60. The highest BCUT2D eigenvalue weighted by Crippen LogP contribution is 2.07. The standard InChI is InChI=1S/C9H11N3S2/c1-6-2-4-7(5-3-6)11-9(14)12-8(10)13/h2-5H,1H3,(H4,10,11,12,13,14). The van der Waals surface area contributed by atoms with Crippen LogP contribution in [-0.4, -0.2) is 10.2 Å². The fraction of sp³-hybridized carbons (Fsp3) is 0.111. The van der Waals surface area contributed by atoms with Crippen molar-refractivity contribution in [3.63, 3.8) is 0 Å². The number of nitrogens with one attached hydrogen (secondary N) is 2. The molecule has 1 aromatic rings. The number of anilines is 1. The van der Waals surface area contributed by atoms with Gasteiger partial charge in [-0.3, -0.25) is 0 Å². The maximum Gasteiger partial charge on any atom is 0.177 e. The quantitative estimate of drug-likeness (QED) is 0.633. The number of thiocarbonyl (C=S) groups is 2. The van der Waals surface area contributed by atoms with Crippen LogP contribution < -0.4 is 16.4 Å². The Kier molecular flexibility index (Phi) is 3.79. The molecule has 0 radical (unpaired) electrons. The van der Waals surface area contributed by atoms with Crippen molar-refractivity contribution in [3.8, 4) is 0 Å². The van der Waals surface area contributed by atoms with Crippen LogP contribution in [0.4, 0.5) is 5.69 Å². The highest BCUT2D eigenvalue weighted by atomic mass is 32.1. The molecule has 0 atom stereocenters. The van der Waals surface area contributed by atoms with E-state index in [0.29, 0.717) is 5.11 Å². The molecule has 5 heteroatoms. The Hall–Kier alpha value is -1.20. The van der Waals surface area contributed by atoms with Crippen LogP contribution in [0.5, 0.6) is 0 Å². The van der Waals surface area contributed by atoms with Crippen molar-refractivity contribution in [2.45, 2.75) is 6.92 Å². The summed E-state index contributed by atoms with van der Waals surface area (Å²) in [6.45, 7) is 2.02. The normalized spacial score (nSPS) is 9.21. The minimum atomic E-state index is 0.162. The molecule has 0 aromatic heterocycles. The number of benzene rings is 1. The third kappa shape index (κ3) is 3.68. The van der Waals surface area contributed by atoms with Gasteiger partial charge in [-0.15, -0.1) is 0 Å². The Balaban J connectivity index is 2.56. The predicted molar refractivity (Wildman–Crippen MR) is 67.3 cm³/mol. The van der Waals surface area contributed by atoms with Crippen molar-refractivity contribution in [3.05, 3.63) is 29.8 Å². The van der Waals surface area contributed by atoms with Gasteiger partial charge in [0.2, 0.25) is 0 Å². The fourth-order valence-electron chi connectivity index (χ4n) is 0.911. The van der Waals surface area contributed by atoms with E-state index in [4.69, 9.17) is 18.0 Å². The molecule has 0 fully saturated rings. The number of aryl methyl sites for hydroxylation is 1. The first kappa shape index (κ1) is 10.9. The minimum absolute atomic E-state index is 0.162. The van der Waals surface area contributed by atoms with Crippen molar-refractivity contribution in [2.75, 3.05) is 5.32 Å². The van der Waals surface area contributed by atoms with Crippen molar-refractivity contribution in [1.82, 2.24) is 5.32 Å². The molecular formula is C9H11N3S2. The molecular weight excluding hydrogens is 214 g/mol. The van der Waals surface area contributed by atoms with Gasteiger partial charge < -0.3 is 16.4 Å². The number of nitrogens with two attached hydrogens (primary N) is 1. The largest absolute Gasteiger partial charge is 0.376 e. The van der Waals surface area contributed by atoms with E-state index in [9.17, 15) is 0 Å². The zero-order valence-corrected chi connectivity index (χ0v) is 9.34. The van der Waals surface area contributed by atoms with Gasteiger partial charge in [0.15, 0.2) is 10.2 Å². The van der Waals surface area contributed by atoms with Crippen LogP contribution in [0, 0.1) is 6.92 Å². The first-order valence-corrected chi connectivity index (χ1v) is 4.83. The third-order valence-corrected chi connectivity index (χ3v) is 1.85. The average Bonchev–Trinajstić information content (AvgIpc) is 2.07. The van der Waals surface area contributed by atoms with Crippen LogP contribution in [-0.2, 0) is 0 Å². The first-order chi connectivity index (χ1) is 6.58. The zero-order valence-electron chi connectivity index (χ0n) is 7.70. The molecule has 0 bridgehead atoms. The van der Waals surface area contributed by atoms with E-state index >= 15 is 0 Å². The van der Waals surface area contributed by atoms with Gasteiger partial charge in [0.25, 0.3) is 0 Å². The van der Waals surface area contributed by atoms with E-state index in [1.54, 1.807) is 0 Å². The highest BCUT2D eigenvalue weighted by Gasteiger charge is 1.96. The van der Waals surface area contributed by atoms with Gasteiger partial charge in [-0.1, -0.05) is 17.7 Å². The Morgan fingerprint density at radius 1 is 1.21 bits per heavy atom. The van der Waals surface area contributed by atoms with Crippen molar-refractivity contribution in [2.24, 2.45) is 5.73 Å². The second kappa shape index (κ2) is 4.88. The molecule has 1 rings (SSSR count). The predicted octanol–water partition coefficient (Wildman–Crippen LogP) is 1.53. The van der Waals surface area contributed by atoms with Crippen LogP contribution >= 0.6 is 24.4 Å². The van der Waals surface area contributed by atoms with Crippen LogP contribution in [0.2, 0.25) is 0 Å². The molecule has 74 valence electrons. The summed E-state index contributed by atoms with van der Waals surface area (Å²) in [5.41, 5.74) is 7.37. The van der Waals surface area contributed by atoms with Crippen LogP contribution in [0.25, 0.3) is 0 Å². The number of rotatable bonds is 1. The lowest BCUT2D eigenvalue weighted by Crippen LogP contribution is -2.37. The maximum atomic E-state index is 5.26. The molecule has 4 N–H and O–H groups in total. The molecule has 14 heavy (non-hydrogen) atoms. The topological polar surface area (TPSA) is 50.1 Å². The summed E-state index contributed by atoms with van der Waals surface area (Å²) in [4.78, 5) is 0. The van der Waals surface area contributed by atoms with Crippen LogP contribution in [0.1, 0.15) is 5.56 Å². The zero-order chi connectivity index (χ0) is 10.6. The Morgan fingerprint density at radius 2 is 1.79 bits per heavy atom. The lowest BCUT2D eigenvalue weighted by atomic mass is 10.2. The van der Waals surface area contributed by atoms with E-state index < -0.39 is 0 Å². The second-order valence-electron chi connectivity index (χ2n) is 2.81. The molecule has 0 saturated heterocycles. The summed E-state index contributed by atoms with van der Waals surface area (Å²) < 4.78 is 0. The molecule has 3 nitrogen and oxygen atoms in total. The van der Waals surface area contributed by atoms with E-state index in [1.807, 2.05) is 31.2 Å². The molecule has 0 aliphatic heterocycles. The van der Waals surface area contributed by atoms with Crippen LogP contribution in [0.15, 0.2) is 24.3 Å². The SMILES string of the molecule is Cc1ccc(NC(=S)NC(N)=S)cc1. The molecule has 0 amide bonds. The lowest BCUT2D eigenvalue weighted by molar-refractivity contribution is 1.37. The fourth-order valence-corrected chi connectivity index (χ4v) is 1.31. The second-order valence-corrected chi connectivity index (χ2v) is 3.66. The van der Waals surface area contributed by atoms with Gasteiger partial charge in [-0.2, -0.15) is 0 Å². The van der Waals surface area contributed by atoms with E-state index in [1.165, 1.54) is 5.56 Å². The van der Waals surface area contributed by atoms with E-state index in [2.05, 4.69) is 22.9 Å². The Morgan fingerprint density at radius 3 is 2.29 bits per heavy atom. The van der Waals surface area contributed by atoms with Crippen molar-refractivity contribution in [1.29, 1.82) is 0 Å². The minimum Gasteiger partial charge on any atom is -0.376 e. The van der Waals surface area contributed by atoms with Crippen molar-refractivity contribution < 1.29 is 0 Å². The average molecular weight is 225 g/mol. The molecule has 0 aliphatic carbocycles. The van der Waals surface area contributed by atoms with E-state index in [0.717, 1.165) is 5.69 Å². The van der Waals surface area contributed by atoms with Gasteiger partial charge in [0.1, 0.15) is 0 Å².